The van der Waals surface area contributed by atoms with Gasteiger partial charge in [-0.3, -0.25) is 9.78 Å². The lowest BCUT2D eigenvalue weighted by atomic mass is 10.1. The fraction of sp³-hybridized carbons (Fsp3) is 0.133. The van der Waals surface area contributed by atoms with Crippen LogP contribution in [-0.2, 0) is 11.2 Å². The van der Waals surface area contributed by atoms with E-state index < -0.39 is 6.04 Å². The fourth-order valence-electron chi connectivity index (χ4n) is 1.74. The maximum atomic E-state index is 12.8. The van der Waals surface area contributed by atoms with Crippen molar-refractivity contribution in [1.29, 1.82) is 5.26 Å². The van der Waals surface area contributed by atoms with Crippen LogP contribution in [0.15, 0.2) is 48.8 Å². The van der Waals surface area contributed by atoms with E-state index in [0.29, 0.717) is 11.1 Å². The van der Waals surface area contributed by atoms with Gasteiger partial charge in [0.15, 0.2) is 0 Å². The van der Waals surface area contributed by atoms with Gasteiger partial charge in [-0.15, -0.1) is 0 Å². The number of carbonyl (C=O) groups is 1. The maximum Gasteiger partial charge on any atom is 0.225 e. The lowest BCUT2D eigenvalue weighted by molar-refractivity contribution is -0.120. The van der Waals surface area contributed by atoms with E-state index in [4.69, 9.17) is 5.26 Å². The van der Waals surface area contributed by atoms with Gasteiger partial charge in [0, 0.05) is 18.0 Å². The minimum absolute atomic E-state index is 0.0960. The molecule has 20 heavy (non-hydrogen) atoms. The zero-order valence-electron chi connectivity index (χ0n) is 10.6. The number of pyridine rings is 1. The van der Waals surface area contributed by atoms with Crippen molar-refractivity contribution >= 4 is 5.91 Å². The number of aromatic nitrogens is 1. The molecule has 0 saturated heterocycles. The molecule has 0 aliphatic rings. The minimum atomic E-state index is -0.739. The molecule has 1 aromatic carbocycles. The second-order valence-corrected chi connectivity index (χ2v) is 4.22. The first-order valence-corrected chi connectivity index (χ1v) is 6.02. The van der Waals surface area contributed by atoms with Crippen LogP contribution in [0.25, 0.3) is 0 Å². The molecule has 0 aliphatic heterocycles. The Kier molecular flexibility index (Phi) is 4.40. The molecule has 1 amide bonds. The molecule has 100 valence electrons. The van der Waals surface area contributed by atoms with E-state index in [1.165, 1.54) is 18.3 Å². The number of halogens is 1. The Balaban J connectivity index is 2.00. The summed E-state index contributed by atoms with van der Waals surface area (Å²) in [6, 6.07) is 10.4. The van der Waals surface area contributed by atoms with Gasteiger partial charge in [-0.1, -0.05) is 18.2 Å². The molecule has 1 N–H and O–H groups in total. The van der Waals surface area contributed by atoms with E-state index in [9.17, 15) is 9.18 Å². The largest absolute Gasteiger partial charge is 0.336 e. The molecular formula is C15H12FN3O. The molecule has 0 aliphatic carbocycles. The van der Waals surface area contributed by atoms with Crippen molar-refractivity contribution in [3.8, 4) is 6.07 Å². The molecule has 0 radical (unpaired) electrons. The topological polar surface area (TPSA) is 65.8 Å². The number of nitriles is 1. The summed E-state index contributed by atoms with van der Waals surface area (Å²) in [5.74, 6) is -0.647. The van der Waals surface area contributed by atoms with Gasteiger partial charge in [0.2, 0.25) is 5.91 Å². The van der Waals surface area contributed by atoms with Gasteiger partial charge in [-0.2, -0.15) is 5.26 Å². The number of benzene rings is 1. The first-order valence-electron chi connectivity index (χ1n) is 6.02. The van der Waals surface area contributed by atoms with Crippen LogP contribution in [0.1, 0.15) is 17.2 Å². The van der Waals surface area contributed by atoms with Crippen molar-refractivity contribution < 1.29 is 9.18 Å². The first-order chi connectivity index (χ1) is 9.69. The monoisotopic (exact) mass is 269 g/mol. The highest BCUT2D eigenvalue weighted by Crippen LogP contribution is 2.10. The van der Waals surface area contributed by atoms with E-state index in [1.54, 1.807) is 30.5 Å². The summed E-state index contributed by atoms with van der Waals surface area (Å²) < 4.78 is 12.8. The van der Waals surface area contributed by atoms with Crippen LogP contribution >= 0.6 is 0 Å². The van der Waals surface area contributed by atoms with Crippen molar-refractivity contribution in [2.24, 2.45) is 0 Å². The molecule has 1 atom stereocenters. The van der Waals surface area contributed by atoms with Crippen molar-refractivity contribution in [2.45, 2.75) is 12.5 Å². The molecular weight excluding hydrogens is 257 g/mol. The van der Waals surface area contributed by atoms with E-state index in [-0.39, 0.29) is 18.1 Å². The molecule has 4 nitrogen and oxygen atoms in total. The van der Waals surface area contributed by atoms with Gasteiger partial charge >= 0.3 is 0 Å². The molecule has 1 unspecified atom stereocenters. The molecule has 0 fully saturated rings. The van der Waals surface area contributed by atoms with E-state index in [0.717, 1.165) is 0 Å². The number of amides is 1. The number of nitrogens with zero attached hydrogens (tertiary/aromatic N) is 2. The average Bonchev–Trinajstić information content (AvgIpc) is 2.48. The van der Waals surface area contributed by atoms with Crippen molar-refractivity contribution in [3.05, 3.63) is 65.7 Å². The summed E-state index contributed by atoms with van der Waals surface area (Å²) in [4.78, 5) is 15.8. The van der Waals surface area contributed by atoms with Gasteiger partial charge in [0.1, 0.15) is 11.9 Å². The molecule has 5 heteroatoms. The summed E-state index contributed by atoms with van der Waals surface area (Å²) in [6.07, 6.45) is 3.23. The van der Waals surface area contributed by atoms with Crippen molar-refractivity contribution in [2.75, 3.05) is 0 Å². The van der Waals surface area contributed by atoms with Crippen LogP contribution in [0, 0.1) is 17.1 Å². The van der Waals surface area contributed by atoms with Crippen LogP contribution in [0.2, 0.25) is 0 Å². The second-order valence-electron chi connectivity index (χ2n) is 4.22. The average molecular weight is 269 g/mol. The Morgan fingerprint density at radius 2 is 2.10 bits per heavy atom. The van der Waals surface area contributed by atoms with Crippen LogP contribution < -0.4 is 5.32 Å². The third-order valence-electron chi connectivity index (χ3n) is 2.73. The van der Waals surface area contributed by atoms with E-state index >= 15 is 0 Å². The molecule has 2 aromatic rings. The molecule has 1 aromatic heterocycles. The minimum Gasteiger partial charge on any atom is -0.336 e. The summed E-state index contributed by atoms with van der Waals surface area (Å²) >= 11 is 0. The van der Waals surface area contributed by atoms with Crippen LogP contribution in [0.5, 0.6) is 0 Å². The highest BCUT2D eigenvalue weighted by molar-refractivity contribution is 5.79. The van der Waals surface area contributed by atoms with Crippen LogP contribution in [0.3, 0.4) is 0 Å². The third kappa shape index (κ3) is 3.62. The van der Waals surface area contributed by atoms with Crippen LogP contribution in [0.4, 0.5) is 4.39 Å². The normalized spacial score (nSPS) is 11.4. The van der Waals surface area contributed by atoms with Crippen molar-refractivity contribution in [3.63, 3.8) is 0 Å². The molecule has 0 bridgehead atoms. The Bertz CT molecular complexity index is 620. The SMILES string of the molecule is N#CC(NC(=O)Cc1ccc(F)cc1)c1cccnc1. The predicted molar refractivity (Wildman–Crippen MR) is 70.8 cm³/mol. The third-order valence-corrected chi connectivity index (χ3v) is 2.73. The second kappa shape index (κ2) is 6.43. The summed E-state index contributed by atoms with van der Waals surface area (Å²) in [5.41, 5.74) is 1.31. The summed E-state index contributed by atoms with van der Waals surface area (Å²) in [7, 11) is 0. The Hall–Kier alpha value is -2.74. The van der Waals surface area contributed by atoms with E-state index in [2.05, 4.69) is 10.3 Å². The Morgan fingerprint density at radius 3 is 2.70 bits per heavy atom. The molecule has 2 rings (SSSR count). The Labute approximate surface area is 115 Å². The molecule has 0 saturated carbocycles. The van der Waals surface area contributed by atoms with Gasteiger partial charge in [-0.05, 0) is 23.8 Å². The molecule has 1 heterocycles. The number of hydrogen-bond acceptors (Lipinski definition) is 3. The van der Waals surface area contributed by atoms with Gasteiger partial charge in [0.05, 0.1) is 12.5 Å². The van der Waals surface area contributed by atoms with Gasteiger partial charge in [0.25, 0.3) is 0 Å². The lowest BCUT2D eigenvalue weighted by Crippen LogP contribution is -2.29. The molecule has 0 spiro atoms. The summed E-state index contributed by atoms with van der Waals surface area (Å²) in [6.45, 7) is 0. The maximum absolute atomic E-state index is 12.8. The highest BCUT2D eigenvalue weighted by Gasteiger charge is 2.14. The van der Waals surface area contributed by atoms with E-state index in [1.807, 2.05) is 6.07 Å². The first kappa shape index (κ1) is 13.7. The van der Waals surface area contributed by atoms with Crippen molar-refractivity contribution in [1.82, 2.24) is 10.3 Å². The number of carbonyl (C=O) groups excluding carboxylic acids is 1. The Morgan fingerprint density at radius 1 is 1.35 bits per heavy atom. The predicted octanol–water partition coefficient (Wildman–Crippen LogP) is 2.14. The zero-order chi connectivity index (χ0) is 14.4. The summed E-state index contributed by atoms with van der Waals surface area (Å²) in [5, 5.41) is 11.7. The number of hydrogen-bond donors (Lipinski definition) is 1. The highest BCUT2D eigenvalue weighted by atomic mass is 19.1. The smallest absolute Gasteiger partial charge is 0.225 e. The zero-order valence-corrected chi connectivity index (χ0v) is 10.6. The number of nitrogens with one attached hydrogen (secondary N) is 1. The standard InChI is InChI=1S/C15H12FN3O/c16-13-5-3-11(4-6-13)8-15(20)19-14(9-17)12-2-1-7-18-10-12/h1-7,10,14H,8H2,(H,19,20). The quantitative estimate of drug-likeness (QED) is 0.924. The van der Waals surface area contributed by atoms with Crippen LogP contribution in [-0.4, -0.2) is 10.9 Å². The lowest BCUT2D eigenvalue weighted by Gasteiger charge is -2.11. The van der Waals surface area contributed by atoms with Gasteiger partial charge < -0.3 is 5.32 Å². The number of rotatable bonds is 4. The van der Waals surface area contributed by atoms with Gasteiger partial charge in [-0.25, -0.2) is 4.39 Å². The fourth-order valence-corrected chi connectivity index (χ4v) is 1.74.